The normalized spacial score (nSPS) is 14.8. The molecule has 0 radical (unpaired) electrons. The lowest BCUT2D eigenvalue weighted by Gasteiger charge is -2.24. The summed E-state index contributed by atoms with van der Waals surface area (Å²) in [6.45, 7) is 5.39. The van der Waals surface area contributed by atoms with Gasteiger partial charge in [-0.25, -0.2) is 8.42 Å². The van der Waals surface area contributed by atoms with Crippen LogP contribution < -0.4 is 5.32 Å². The largest absolute Gasteiger partial charge is 0.352 e. The molecule has 0 aliphatic heterocycles. The standard InChI is InChI=1S/C15H22ClNO3S/c1-10(2)14(9-12-5-7-13(16)8-6-12)17-15(18)11(3)21(4,19)20/h5-8,10-11,14H,9H2,1-4H3,(H,17,18)/t11-,14+/m1/s1. The van der Waals surface area contributed by atoms with Crippen molar-refractivity contribution in [2.75, 3.05) is 6.26 Å². The van der Waals surface area contributed by atoms with E-state index in [4.69, 9.17) is 11.6 Å². The Morgan fingerprint density at radius 1 is 1.19 bits per heavy atom. The van der Waals surface area contributed by atoms with Gasteiger partial charge in [0.1, 0.15) is 5.25 Å². The number of carbonyl (C=O) groups is 1. The Morgan fingerprint density at radius 2 is 1.71 bits per heavy atom. The van der Waals surface area contributed by atoms with Crippen molar-refractivity contribution >= 4 is 27.3 Å². The van der Waals surface area contributed by atoms with Crippen molar-refractivity contribution in [3.8, 4) is 0 Å². The van der Waals surface area contributed by atoms with Crippen molar-refractivity contribution < 1.29 is 13.2 Å². The maximum atomic E-state index is 12.0. The van der Waals surface area contributed by atoms with Crippen LogP contribution in [0.5, 0.6) is 0 Å². The monoisotopic (exact) mass is 331 g/mol. The first-order valence-electron chi connectivity index (χ1n) is 6.85. The molecule has 21 heavy (non-hydrogen) atoms. The van der Waals surface area contributed by atoms with E-state index in [2.05, 4.69) is 5.32 Å². The second kappa shape index (κ2) is 7.27. The number of nitrogens with one attached hydrogen (secondary N) is 1. The van der Waals surface area contributed by atoms with E-state index in [0.717, 1.165) is 11.8 Å². The van der Waals surface area contributed by atoms with E-state index < -0.39 is 21.0 Å². The van der Waals surface area contributed by atoms with E-state index in [1.54, 1.807) is 12.1 Å². The third-order valence-electron chi connectivity index (χ3n) is 3.51. The molecule has 2 atom stereocenters. The van der Waals surface area contributed by atoms with Crippen molar-refractivity contribution in [3.63, 3.8) is 0 Å². The molecule has 6 heteroatoms. The molecule has 0 aliphatic carbocycles. The highest BCUT2D eigenvalue weighted by molar-refractivity contribution is 7.92. The third-order valence-corrected chi connectivity index (χ3v) is 5.26. The topological polar surface area (TPSA) is 63.2 Å². The minimum atomic E-state index is -3.38. The molecule has 1 aromatic rings. The van der Waals surface area contributed by atoms with Crippen LogP contribution in [-0.4, -0.2) is 31.9 Å². The Hall–Kier alpha value is -1.07. The van der Waals surface area contributed by atoms with Crippen LogP contribution in [0.25, 0.3) is 0 Å². The van der Waals surface area contributed by atoms with Gasteiger partial charge < -0.3 is 5.32 Å². The molecule has 0 saturated carbocycles. The summed E-state index contributed by atoms with van der Waals surface area (Å²) in [5, 5.41) is 2.46. The highest BCUT2D eigenvalue weighted by Crippen LogP contribution is 2.14. The summed E-state index contributed by atoms with van der Waals surface area (Å²) < 4.78 is 22.9. The van der Waals surface area contributed by atoms with E-state index in [1.807, 2.05) is 26.0 Å². The zero-order chi connectivity index (χ0) is 16.2. The van der Waals surface area contributed by atoms with E-state index in [0.29, 0.717) is 11.4 Å². The zero-order valence-electron chi connectivity index (χ0n) is 12.8. The quantitative estimate of drug-likeness (QED) is 0.871. The molecule has 1 amide bonds. The van der Waals surface area contributed by atoms with Crippen molar-refractivity contribution in [2.24, 2.45) is 5.92 Å². The van der Waals surface area contributed by atoms with E-state index >= 15 is 0 Å². The Morgan fingerprint density at radius 3 is 2.14 bits per heavy atom. The molecular weight excluding hydrogens is 310 g/mol. The van der Waals surface area contributed by atoms with Crippen molar-refractivity contribution in [1.29, 1.82) is 0 Å². The van der Waals surface area contributed by atoms with E-state index in [9.17, 15) is 13.2 Å². The maximum absolute atomic E-state index is 12.0. The number of hydrogen-bond acceptors (Lipinski definition) is 3. The lowest BCUT2D eigenvalue weighted by molar-refractivity contribution is -0.121. The molecule has 0 aromatic heterocycles. The van der Waals surface area contributed by atoms with Gasteiger partial charge in [0, 0.05) is 17.3 Å². The first-order chi connectivity index (χ1) is 9.61. The molecule has 0 unspecified atom stereocenters. The lowest BCUT2D eigenvalue weighted by Crippen LogP contribution is -2.46. The minimum Gasteiger partial charge on any atom is -0.352 e. The SMILES string of the molecule is CC(C)[C@H](Cc1ccc(Cl)cc1)NC(=O)[C@@H](C)S(C)(=O)=O. The highest BCUT2D eigenvalue weighted by atomic mass is 35.5. The Balaban J connectivity index is 2.79. The van der Waals surface area contributed by atoms with Crippen LogP contribution in [0.2, 0.25) is 5.02 Å². The molecular formula is C15H22ClNO3S. The van der Waals surface area contributed by atoms with Gasteiger partial charge in [0.05, 0.1) is 0 Å². The zero-order valence-corrected chi connectivity index (χ0v) is 14.3. The highest BCUT2D eigenvalue weighted by Gasteiger charge is 2.26. The Labute approximate surface area is 131 Å². The summed E-state index contributed by atoms with van der Waals surface area (Å²) >= 11 is 5.85. The summed E-state index contributed by atoms with van der Waals surface area (Å²) in [6, 6.07) is 7.29. The van der Waals surface area contributed by atoms with Crippen LogP contribution in [0.15, 0.2) is 24.3 Å². The van der Waals surface area contributed by atoms with Crippen molar-refractivity contribution in [2.45, 2.75) is 38.5 Å². The smallest absolute Gasteiger partial charge is 0.238 e. The molecule has 0 fully saturated rings. The number of carbonyl (C=O) groups excluding carboxylic acids is 1. The molecule has 0 aliphatic rings. The average Bonchev–Trinajstić information content (AvgIpc) is 2.38. The second-order valence-corrected chi connectivity index (χ2v) is 8.46. The fraction of sp³-hybridized carbons (Fsp3) is 0.533. The summed E-state index contributed by atoms with van der Waals surface area (Å²) in [5.74, 6) is -0.262. The predicted molar refractivity (Wildman–Crippen MR) is 86.2 cm³/mol. The fourth-order valence-corrected chi connectivity index (χ4v) is 2.41. The molecule has 4 nitrogen and oxygen atoms in total. The summed E-state index contributed by atoms with van der Waals surface area (Å²) in [5.41, 5.74) is 1.05. The first kappa shape index (κ1) is 18.0. The summed E-state index contributed by atoms with van der Waals surface area (Å²) in [6.07, 6.45) is 1.71. The van der Waals surface area contributed by atoms with Crippen LogP contribution in [-0.2, 0) is 21.1 Å². The molecule has 1 rings (SSSR count). The van der Waals surface area contributed by atoms with Gasteiger partial charge in [0.2, 0.25) is 5.91 Å². The summed E-state index contributed by atoms with van der Waals surface area (Å²) in [4.78, 5) is 12.0. The Bertz CT molecular complexity index is 581. The van der Waals surface area contributed by atoms with Gasteiger partial charge in [0.25, 0.3) is 0 Å². The van der Waals surface area contributed by atoms with E-state index in [1.165, 1.54) is 6.92 Å². The molecule has 118 valence electrons. The molecule has 0 spiro atoms. The molecule has 1 aromatic carbocycles. The molecule has 0 heterocycles. The number of rotatable bonds is 6. The van der Waals surface area contributed by atoms with Gasteiger partial charge in [-0.2, -0.15) is 0 Å². The lowest BCUT2D eigenvalue weighted by atomic mass is 9.96. The first-order valence-corrected chi connectivity index (χ1v) is 9.18. The van der Waals surface area contributed by atoms with Crippen LogP contribution in [0.4, 0.5) is 0 Å². The van der Waals surface area contributed by atoms with Gasteiger partial charge in [-0.15, -0.1) is 0 Å². The number of amides is 1. The third kappa shape index (κ3) is 5.67. The van der Waals surface area contributed by atoms with Crippen molar-refractivity contribution in [3.05, 3.63) is 34.9 Å². The van der Waals surface area contributed by atoms with Gasteiger partial charge in [-0.3, -0.25) is 4.79 Å². The van der Waals surface area contributed by atoms with Gasteiger partial charge in [-0.05, 0) is 37.0 Å². The maximum Gasteiger partial charge on any atom is 0.238 e. The second-order valence-electron chi connectivity index (χ2n) is 5.66. The predicted octanol–water partition coefficient (Wildman–Crippen LogP) is 2.46. The fourth-order valence-electron chi connectivity index (χ4n) is 1.82. The Kier molecular flexibility index (Phi) is 6.23. The van der Waals surface area contributed by atoms with Crippen LogP contribution >= 0.6 is 11.6 Å². The average molecular weight is 332 g/mol. The molecule has 1 N–H and O–H groups in total. The van der Waals surface area contributed by atoms with Gasteiger partial charge >= 0.3 is 0 Å². The minimum absolute atomic E-state index is 0.122. The molecule has 0 bridgehead atoms. The van der Waals surface area contributed by atoms with E-state index in [-0.39, 0.29) is 12.0 Å². The number of benzene rings is 1. The number of sulfone groups is 1. The number of hydrogen-bond donors (Lipinski definition) is 1. The summed E-state index contributed by atoms with van der Waals surface area (Å²) in [7, 11) is -3.38. The number of halogens is 1. The van der Waals surface area contributed by atoms with Crippen LogP contribution in [0, 0.1) is 5.92 Å². The van der Waals surface area contributed by atoms with Gasteiger partial charge in [-0.1, -0.05) is 37.6 Å². The van der Waals surface area contributed by atoms with Crippen LogP contribution in [0.3, 0.4) is 0 Å². The van der Waals surface area contributed by atoms with Crippen LogP contribution in [0.1, 0.15) is 26.3 Å². The van der Waals surface area contributed by atoms with Crippen molar-refractivity contribution in [1.82, 2.24) is 5.32 Å². The molecule has 0 saturated heterocycles. The van der Waals surface area contributed by atoms with Gasteiger partial charge in [0.15, 0.2) is 9.84 Å².